The Hall–Kier alpha value is -2.55. The zero-order valence-electron chi connectivity index (χ0n) is 12.3. The highest BCUT2D eigenvalue weighted by Crippen LogP contribution is 2.24. The van der Waals surface area contributed by atoms with Crippen LogP contribution in [0.25, 0.3) is 10.9 Å². The largest absolute Gasteiger partial charge is 0.399 e. The standard InChI is InChI=1S/C18H19N3/c1-12-10-15-6-3-4-9-17(15)21-18(12)20-13(2)14-7-5-8-16(19)11-14/h3-11,13H,19H2,1-2H3,(H,20,21). The first-order valence-electron chi connectivity index (χ1n) is 7.12. The van der Waals surface area contributed by atoms with Crippen LogP contribution in [-0.4, -0.2) is 4.98 Å². The lowest BCUT2D eigenvalue weighted by Crippen LogP contribution is -2.09. The van der Waals surface area contributed by atoms with Crippen molar-refractivity contribution in [1.82, 2.24) is 4.98 Å². The molecule has 3 N–H and O–H groups in total. The van der Waals surface area contributed by atoms with Gasteiger partial charge in [0.15, 0.2) is 0 Å². The first-order valence-corrected chi connectivity index (χ1v) is 7.12. The van der Waals surface area contributed by atoms with E-state index in [2.05, 4.69) is 37.4 Å². The van der Waals surface area contributed by atoms with Gasteiger partial charge in [-0.2, -0.15) is 0 Å². The number of aryl methyl sites for hydroxylation is 1. The number of pyridine rings is 1. The van der Waals surface area contributed by atoms with Crippen LogP contribution in [0.1, 0.15) is 24.1 Å². The number of nitrogens with one attached hydrogen (secondary N) is 1. The number of nitrogen functional groups attached to an aromatic ring is 1. The zero-order chi connectivity index (χ0) is 14.8. The maximum Gasteiger partial charge on any atom is 0.130 e. The van der Waals surface area contributed by atoms with Crippen LogP contribution in [-0.2, 0) is 0 Å². The number of hydrogen-bond donors (Lipinski definition) is 2. The number of para-hydroxylation sites is 1. The number of nitrogens with two attached hydrogens (primary N) is 1. The second kappa shape index (κ2) is 5.44. The molecule has 0 aliphatic carbocycles. The minimum Gasteiger partial charge on any atom is -0.399 e. The molecule has 0 amide bonds. The minimum absolute atomic E-state index is 0.154. The van der Waals surface area contributed by atoms with Gasteiger partial charge in [-0.15, -0.1) is 0 Å². The Morgan fingerprint density at radius 2 is 1.86 bits per heavy atom. The molecule has 3 rings (SSSR count). The summed E-state index contributed by atoms with van der Waals surface area (Å²) in [5.74, 6) is 0.920. The van der Waals surface area contributed by atoms with Gasteiger partial charge in [-0.05, 0) is 49.2 Å². The topological polar surface area (TPSA) is 50.9 Å². The van der Waals surface area contributed by atoms with Crippen LogP contribution >= 0.6 is 0 Å². The highest BCUT2D eigenvalue weighted by molar-refractivity contribution is 5.81. The molecule has 3 aromatic rings. The van der Waals surface area contributed by atoms with E-state index in [4.69, 9.17) is 10.7 Å². The van der Waals surface area contributed by atoms with E-state index >= 15 is 0 Å². The van der Waals surface area contributed by atoms with Gasteiger partial charge < -0.3 is 11.1 Å². The summed E-state index contributed by atoms with van der Waals surface area (Å²) >= 11 is 0. The molecule has 1 aromatic heterocycles. The van der Waals surface area contributed by atoms with Crippen LogP contribution in [0.15, 0.2) is 54.6 Å². The molecule has 3 nitrogen and oxygen atoms in total. The monoisotopic (exact) mass is 277 g/mol. The average Bonchev–Trinajstić information content (AvgIpc) is 2.48. The molecule has 106 valence electrons. The molecule has 1 atom stereocenters. The fourth-order valence-corrected chi connectivity index (χ4v) is 2.48. The van der Waals surface area contributed by atoms with Crippen LogP contribution in [0.4, 0.5) is 11.5 Å². The SMILES string of the molecule is Cc1cc2ccccc2nc1NC(C)c1cccc(N)c1. The Morgan fingerprint density at radius 3 is 2.67 bits per heavy atom. The minimum atomic E-state index is 0.154. The number of fused-ring (bicyclic) bond motifs is 1. The molecule has 2 aromatic carbocycles. The Morgan fingerprint density at radius 1 is 1.05 bits per heavy atom. The van der Waals surface area contributed by atoms with Crippen molar-refractivity contribution in [1.29, 1.82) is 0 Å². The predicted octanol–water partition coefficient (Wildman–Crippen LogP) is 4.30. The molecule has 0 saturated carbocycles. The van der Waals surface area contributed by atoms with Crippen molar-refractivity contribution >= 4 is 22.4 Å². The van der Waals surface area contributed by atoms with Crippen molar-refractivity contribution < 1.29 is 0 Å². The Balaban J connectivity index is 1.92. The van der Waals surface area contributed by atoms with Gasteiger partial charge in [0.25, 0.3) is 0 Å². The molecule has 0 bridgehead atoms. The smallest absolute Gasteiger partial charge is 0.130 e. The van der Waals surface area contributed by atoms with Gasteiger partial charge >= 0.3 is 0 Å². The molecular formula is C18H19N3. The molecule has 1 unspecified atom stereocenters. The lowest BCUT2D eigenvalue weighted by Gasteiger charge is -2.17. The van der Waals surface area contributed by atoms with E-state index in [-0.39, 0.29) is 6.04 Å². The molecule has 0 radical (unpaired) electrons. The number of benzene rings is 2. The number of nitrogens with zero attached hydrogens (tertiary/aromatic N) is 1. The van der Waals surface area contributed by atoms with Crippen molar-refractivity contribution in [3.8, 4) is 0 Å². The van der Waals surface area contributed by atoms with Gasteiger partial charge in [0.05, 0.1) is 11.6 Å². The molecular weight excluding hydrogens is 258 g/mol. The first kappa shape index (κ1) is 13.4. The van der Waals surface area contributed by atoms with Crippen LogP contribution in [0, 0.1) is 6.92 Å². The number of rotatable bonds is 3. The van der Waals surface area contributed by atoms with Gasteiger partial charge in [-0.25, -0.2) is 4.98 Å². The Kier molecular flexibility index (Phi) is 3.48. The molecule has 3 heteroatoms. The lowest BCUT2D eigenvalue weighted by molar-refractivity contribution is 0.874. The quantitative estimate of drug-likeness (QED) is 0.702. The van der Waals surface area contributed by atoms with Crippen LogP contribution in [0.5, 0.6) is 0 Å². The molecule has 0 saturated heterocycles. The summed E-state index contributed by atoms with van der Waals surface area (Å²) in [6.45, 7) is 4.19. The van der Waals surface area contributed by atoms with Gasteiger partial charge in [-0.3, -0.25) is 0 Å². The molecule has 21 heavy (non-hydrogen) atoms. The highest BCUT2D eigenvalue weighted by Gasteiger charge is 2.09. The second-order valence-corrected chi connectivity index (χ2v) is 5.38. The fourth-order valence-electron chi connectivity index (χ4n) is 2.48. The van der Waals surface area contributed by atoms with E-state index in [9.17, 15) is 0 Å². The number of anilines is 2. The van der Waals surface area contributed by atoms with E-state index in [1.165, 1.54) is 0 Å². The molecule has 0 aliphatic rings. The number of aromatic nitrogens is 1. The summed E-state index contributed by atoms with van der Waals surface area (Å²) in [5.41, 5.74) is 9.94. The summed E-state index contributed by atoms with van der Waals surface area (Å²) < 4.78 is 0. The Bertz CT molecular complexity index is 780. The zero-order valence-corrected chi connectivity index (χ0v) is 12.3. The van der Waals surface area contributed by atoms with Gasteiger partial charge in [0.2, 0.25) is 0 Å². The highest BCUT2D eigenvalue weighted by atomic mass is 15.0. The maximum atomic E-state index is 5.85. The average molecular weight is 277 g/mol. The van der Waals surface area contributed by atoms with Crippen molar-refractivity contribution in [3.05, 3.63) is 65.7 Å². The molecule has 0 fully saturated rings. The summed E-state index contributed by atoms with van der Waals surface area (Å²) in [7, 11) is 0. The van der Waals surface area contributed by atoms with E-state index in [1.54, 1.807) is 0 Å². The van der Waals surface area contributed by atoms with Gasteiger partial charge in [0, 0.05) is 11.1 Å². The molecule has 1 heterocycles. The Labute approximate surface area is 124 Å². The lowest BCUT2D eigenvalue weighted by atomic mass is 10.1. The van der Waals surface area contributed by atoms with Crippen molar-refractivity contribution in [3.63, 3.8) is 0 Å². The maximum absolute atomic E-state index is 5.85. The number of hydrogen-bond acceptors (Lipinski definition) is 3. The van der Waals surface area contributed by atoms with Crippen LogP contribution < -0.4 is 11.1 Å². The summed E-state index contributed by atoms with van der Waals surface area (Å²) in [4.78, 5) is 4.72. The van der Waals surface area contributed by atoms with E-state index in [1.807, 2.05) is 36.4 Å². The van der Waals surface area contributed by atoms with E-state index < -0.39 is 0 Å². The summed E-state index contributed by atoms with van der Waals surface area (Å²) in [6.07, 6.45) is 0. The normalized spacial score (nSPS) is 12.3. The van der Waals surface area contributed by atoms with Crippen molar-refractivity contribution in [2.24, 2.45) is 0 Å². The summed E-state index contributed by atoms with van der Waals surface area (Å²) in [6, 6.07) is 18.4. The van der Waals surface area contributed by atoms with Gasteiger partial charge in [-0.1, -0.05) is 30.3 Å². The van der Waals surface area contributed by atoms with E-state index in [0.29, 0.717) is 0 Å². The molecule has 0 spiro atoms. The van der Waals surface area contributed by atoms with Crippen LogP contribution in [0.2, 0.25) is 0 Å². The van der Waals surface area contributed by atoms with Crippen LogP contribution in [0.3, 0.4) is 0 Å². The van der Waals surface area contributed by atoms with Crippen molar-refractivity contribution in [2.75, 3.05) is 11.1 Å². The fraction of sp³-hybridized carbons (Fsp3) is 0.167. The third kappa shape index (κ3) is 2.82. The van der Waals surface area contributed by atoms with E-state index in [0.717, 1.165) is 33.5 Å². The van der Waals surface area contributed by atoms with Gasteiger partial charge in [0.1, 0.15) is 5.82 Å². The third-order valence-corrected chi connectivity index (χ3v) is 3.68. The first-order chi connectivity index (χ1) is 10.1. The molecule has 0 aliphatic heterocycles. The predicted molar refractivity (Wildman–Crippen MR) is 89.4 cm³/mol. The summed E-state index contributed by atoms with van der Waals surface area (Å²) in [5, 5.41) is 4.64. The third-order valence-electron chi connectivity index (χ3n) is 3.68. The second-order valence-electron chi connectivity index (χ2n) is 5.38. The van der Waals surface area contributed by atoms with Crippen molar-refractivity contribution in [2.45, 2.75) is 19.9 Å².